The second kappa shape index (κ2) is 4.16. The molecule has 0 amide bonds. The molecule has 0 radical (unpaired) electrons. The molecule has 0 saturated carbocycles. The summed E-state index contributed by atoms with van der Waals surface area (Å²) in [6, 6.07) is 0.584. The normalized spacial score (nSPS) is 24.2. The Hall–Kier alpha value is -1.14. The quantitative estimate of drug-likeness (QED) is 0.760. The highest BCUT2D eigenvalue weighted by Crippen LogP contribution is 2.19. The summed E-state index contributed by atoms with van der Waals surface area (Å²) in [7, 11) is 0. The van der Waals surface area contributed by atoms with Gasteiger partial charge in [0.2, 0.25) is 5.89 Å². The molecule has 1 fully saturated rings. The lowest BCUT2D eigenvalue weighted by Gasteiger charge is -2.31. The van der Waals surface area contributed by atoms with Crippen molar-refractivity contribution in [3.05, 3.63) is 5.89 Å². The van der Waals surface area contributed by atoms with Gasteiger partial charge in [-0.05, 0) is 13.8 Å². The molecule has 84 valence electrons. The summed E-state index contributed by atoms with van der Waals surface area (Å²) in [5.41, 5.74) is 5.65. The molecule has 6 nitrogen and oxygen atoms in total. The highest BCUT2D eigenvalue weighted by Gasteiger charge is 2.24. The van der Waals surface area contributed by atoms with Crippen LogP contribution in [-0.2, 0) is 4.74 Å². The molecule has 0 bridgehead atoms. The van der Waals surface area contributed by atoms with E-state index in [1.165, 1.54) is 0 Å². The van der Waals surface area contributed by atoms with Gasteiger partial charge in [-0.2, -0.15) is 0 Å². The molecular formula is C9H16N4O2. The minimum Gasteiger partial charge on any atom is -0.406 e. The lowest BCUT2D eigenvalue weighted by molar-refractivity contribution is 0.0959. The van der Waals surface area contributed by atoms with Crippen molar-refractivity contribution in [2.75, 3.05) is 24.7 Å². The van der Waals surface area contributed by atoms with Crippen LogP contribution < -0.4 is 10.6 Å². The summed E-state index contributed by atoms with van der Waals surface area (Å²) in [5, 5.41) is 7.89. The van der Waals surface area contributed by atoms with E-state index in [9.17, 15) is 0 Å². The standard InChI is InChI=1S/C9H16N4O2/c1-6-5-14-4-3-13(6)9-12-11-8(15-9)7(2)10/h6-7H,3-5,10H2,1-2H3. The summed E-state index contributed by atoms with van der Waals surface area (Å²) < 4.78 is 10.8. The molecular weight excluding hydrogens is 196 g/mol. The SMILES string of the molecule is CC(N)c1nnc(N2CCOCC2C)o1. The van der Waals surface area contributed by atoms with Gasteiger partial charge in [0.05, 0.1) is 25.3 Å². The number of nitrogens with zero attached hydrogens (tertiary/aromatic N) is 3. The summed E-state index contributed by atoms with van der Waals surface area (Å²) >= 11 is 0. The molecule has 2 atom stereocenters. The maximum Gasteiger partial charge on any atom is 0.318 e. The monoisotopic (exact) mass is 212 g/mol. The number of anilines is 1. The maximum absolute atomic E-state index is 5.65. The zero-order chi connectivity index (χ0) is 10.8. The third-order valence-electron chi connectivity index (χ3n) is 2.43. The van der Waals surface area contributed by atoms with Gasteiger partial charge in [0.1, 0.15) is 0 Å². The molecule has 1 aliphatic rings. The van der Waals surface area contributed by atoms with Crippen LogP contribution in [-0.4, -0.2) is 36.0 Å². The second-order valence-electron chi connectivity index (χ2n) is 3.83. The molecule has 2 N–H and O–H groups in total. The Labute approximate surface area is 88.4 Å². The van der Waals surface area contributed by atoms with Crippen LogP contribution in [0.15, 0.2) is 4.42 Å². The fourth-order valence-electron chi connectivity index (χ4n) is 1.54. The van der Waals surface area contributed by atoms with E-state index >= 15 is 0 Å². The third-order valence-corrected chi connectivity index (χ3v) is 2.43. The Balaban J connectivity index is 2.13. The van der Waals surface area contributed by atoms with E-state index in [1.807, 2.05) is 11.8 Å². The Morgan fingerprint density at radius 2 is 2.33 bits per heavy atom. The van der Waals surface area contributed by atoms with E-state index in [2.05, 4.69) is 17.1 Å². The molecule has 2 unspecified atom stereocenters. The number of aromatic nitrogens is 2. The number of rotatable bonds is 2. The highest BCUT2D eigenvalue weighted by molar-refractivity contribution is 5.27. The Kier molecular flexibility index (Phi) is 2.88. The van der Waals surface area contributed by atoms with Crippen LogP contribution >= 0.6 is 0 Å². The molecule has 2 rings (SSSR count). The van der Waals surface area contributed by atoms with E-state index in [1.54, 1.807) is 0 Å². The number of hydrogen-bond donors (Lipinski definition) is 1. The summed E-state index contributed by atoms with van der Waals surface area (Å²) in [5.74, 6) is 0.476. The minimum absolute atomic E-state index is 0.220. The maximum atomic E-state index is 5.65. The van der Waals surface area contributed by atoms with Crippen molar-refractivity contribution in [1.82, 2.24) is 10.2 Å². The molecule has 0 aromatic carbocycles. The van der Waals surface area contributed by atoms with Crippen LogP contribution in [0.4, 0.5) is 6.01 Å². The van der Waals surface area contributed by atoms with Gasteiger partial charge in [0, 0.05) is 6.54 Å². The predicted molar refractivity (Wildman–Crippen MR) is 54.5 cm³/mol. The van der Waals surface area contributed by atoms with Crippen LogP contribution in [0, 0.1) is 0 Å². The topological polar surface area (TPSA) is 77.4 Å². The molecule has 1 aromatic heterocycles. The number of morpholine rings is 1. The van der Waals surface area contributed by atoms with E-state index in [4.69, 9.17) is 14.9 Å². The van der Waals surface area contributed by atoms with Gasteiger partial charge in [0.25, 0.3) is 0 Å². The van der Waals surface area contributed by atoms with E-state index < -0.39 is 0 Å². The van der Waals surface area contributed by atoms with Crippen LogP contribution in [0.1, 0.15) is 25.8 Å². The van der Waals surface area contributed by atoms with Crippen molar-refractivity contribution in [3.8, 4) is 0 Å². The van der Waals surface area contributed by atoms with E-state index in [-0.39, 0.29) is 12.1 Å². The number of nitrogens with two attached hydrogens (primary N) is 1. The van der Waals surface area contributed by atoms with Crippen molar-refractivity contribution in [1.29, 1.82) is 0 Å². The highest BCUT2D eigenvalue weighted by atomic mass is 16.5. The molecule has 1 saturated heterocycles. The van der Waals surface area contributed by atoms with Gasteiger partial charge in [-0.15, -0.1) is 5.10 Å². The lowest BCUT2D eigenvalue weighted by Crippen LogP contribution is -2.43. The first-order valence-electron chi connectivity index (χ1n) is 5.12. The van der Waals surface area contributed by atoms with Gasteiger partial charge >= 0.3 is 6.01 Å². The van der Waals surface area contributed by atoms with Gasteiger partial charge < -0.3 is 19.8 Å². The van der Waals surface area contributed by atoms with Crippen LogP contribution in [0.3, 0.4) is 0 Å². The molecule has 6 heteroatoms. The van der Waals surface area contributed by atoms with Crippen LogP contribution in [0.2, 0.25) is 0 Å². The molecule has 1 aromatic rings. The van der Waals surface area contributed by atoms with Gasteiger partial charge in [-0.1, -0.05) is 5.10 Å². The first-order chi connectivity index (χ1) is 7.18. The zero-order valence-electron chi connectivity index (χ0n) is 9.01. The summed E-state index contributed by atoms with van der Waals surface area (Å²) in [6.07, 6.45) is 0. The van der Waals surface area contributed by atoms with Crippen molar-refractivity contribution >= 4 is 6.01 Å². The molecule has 15 heavy (non-hydrogen) atoms. The molecule has 1 aliphatic heterocycles. The fraction of sp³-hybridized carbons (Fsp3) is 0.778. The van der Waals surface area contributed by atoms with Crippen molar-refractivity contribution in [2.45, 2.75) is 25.9 Å². The molecule has 2 heterocycles. The van der Waals surface area contributed by atoms with Crippen LogP contribution in [0.5, 0.6) is 0 Å². The predicted octanol–water partition coefficient (Wildman–Crippen LogP) is 0.314. The average molecular weight is 212 g/mol. The van der Waals surface area contributed by atoms with Crippen molar-refractivity contribution in [3.63, 3.8) is 0 Å². The first kappa shape index (κ1) is 10.4. The first-order valence-corrected chi connectivity index (χ1v) is 5.12. The number of ether oxygens (including phenoxy) is 1. The fourth-order valence-corrected chi connectivity index (χ4v) is 1.54. The summed E-state index contributed by atoms with van der Waals surface area (Å²) in [6.45, 7) is 6.05. The second-order valence-corrected chi connectivity index (χ2v) is 3.83. The van der Waals surface area contributed by atoms with Gasteiger partial charge in [0.15, 0.2) is 0 Å². The lowest BCUT2D eigenvalue weighted by atomic mass is 10.3. The van der Waals surface area contributed by atoms with Crippen molar-refractivity contribution in [2.24, 2.45) is 5.73 Å². The summed E-state index contributed by atoms with van der Waals surface area (Å²) in [4.78, 5) is 2.04. The minimum atomic E-state index is -0.220. The van der Waals surface area contributed by atoms with E-state index in [0.29, 0.717) is 25.1 Å². The third kappa shape index (κ3) is 2.10. The molecule has 0 aliphatic carbocycles. The largest absolute Gasteiger partial charge is 0.406 e. The smallest absolute Gasteiger partial charge is 0.318 e. The van der Waals surface area contributed by atoms with Crippen molar-refractivity contribution < 1.29 is 9.15 Å². The zero-order valence-corrected chi connectivity index (χ0v) is 9.01. The Bertz CT molecular complexity index is 326. The van der Waals surface area contributed by atoms with E-state index in [0.717, 1.165) is 6.54 Å². The molecule has 0 spiro atoms. The van der Waals surface area contributed by atoms with Crippen LogP contribution in [0.25, 0.3) is 0 Å². The Morgan fingerprint density at radius 1 is 1.53 bits per heavy atom. The number of hydrogen-bond acceptors (Lipinski definition) is 6. The van der Waals surface area contributed by atoms with Gasteiger partial charge in [-0.3, -0.25) is 0 Å². The average Bonchev–Trinajstić information content (AvgIpc) is 2.67. The van der Waals surface area contributed by atoms with Gasteiger partial charge in [-0.25, -0.2) is 0 Å². The Morgan fingerprint density at radius 3 is 2.93 bits per heavy atom.